The normalized spacial score (nSPS) is 10.3. The lowest BCUT2D eigenvalue weighted by Crippen LogP contribution is -2.15. The average Bonchev–Trinajstić information content (AvgIpc) is 2.69. The number of carbonyl (C=O) groups excluding carboxylic acids is 1. The van der Waals surface area contributed by atoms with Gasteiger partial charge in [-0.3, -0.25) is 9.59 Å². The van der Waals surface area contributed by atoms with Crippen LogP contribution in [0.2, 0.25) is 0 Å². The van der Waals surface area contributed by atoms with Crippen LogP contribution in [0.15, 0.2) is 18.2 Å². The minimum atomic E-state index is -1.17. The first-order chi connectivity index (χ1) is 8.60. The lowest BCUT2D eigenvalue weighted by molar-refractivity contribution is -0.139. The highest BCUT2D eigenvalue weighted by Gasteiger charge is 2.12. The Morgan fingerprint density at radius 3 is 2.94 bits per heavy atom. The SMILES string of the molecule is COc1cccc2sc(NC(=O)CC(=O)O)nc12. The number of anilines is 1. The van der Waals surface area contributed by atoms with Gasteiger partial charge >= 0.3 is 5.97 Å². The monoisotopic (exact) mass is 266 g/mol. The van der Waals surface area contributed by atoms with Gasteiger partial charge in [0.2, 0.25) is 5.91 Å². The molecule has 2 aromatic rings. The molecule has 0 fully saturated rings. The summed E-state index contributed by atoms with van der Waals surface area (Å²) in [5, 5.41) is 11.3. The van der Waals surface area contributed by atoms with E-state index in [1.165, 1.54) is 18.4 Å². The van der Waals surface area contributed by atoms with E-state index in [4.69, 9.17) is 9.84 Å². The molecule has 7 heteroatoms. The van der Waals surface area contributed by atoms with Gasteiger partial charge in [-0.25, -0.2) is 4.98 Å². The van der Waals surface area contributed by atoms with Gasteiger partial charge in [0.25, 0.3) is 0 Å². The molecule has 1 heterocycles. The highest BCUT2D eigenvalue weighted by molar-refractivity contribution is 7.22. The summed E-state index contributed by atoms with van der Waals surface area (Å²) in [5.74, 6) is -1.16. The van der Waals surface area contributed by atoms with Crippen molar-refractivity contribution < 1.29 is 19.4 Å². The lowest BCUT2D eigenvalue weighted by atomic mass is 10.3. The van der Waals surface area contributed by atoms with E-state index in [1.54, 1.807) is 6.07 Å². The Bertz CT molecular complexity index is 608. The summed E-state index contributed by atoms with van der Waals surface area (Å²) in [6.07, 6.45) is -0.576. The number of nitrogens with zero attached hydrogens (tertiary/aromatic N) is 1. The van der Waals surface area contributed by atoms with Crippen LogP contribution in [-0.4, -0.2) is 29.1 Å². The maximum atomic E-state index is 11.3. The van der Waals surface area contributed by atoms with Gasteiger partial charge in [-0.2, -0.15) is 0 Å². The minimum absolute atomic E-state index is 0.362. The molecule has 0 aliphatic rings. The first kappa shape index (κ1) is 12.3. The topological polar surface area (TPSA) is 88.5 Å². The fourth-order valence-corrected chi connectivity index (χ4v) is 2.34. The largest absolute Gasteiger partial charge is 0.494 e. The van der Waals surface area contributed by atoms with Gasteiger partial charge in [0.15, 0.2) is 5.13 Å². The summed E-state index contributed by atoms with van der Waals surface area (Å²) < 4.78 is 6.01. The average molecular weight is 266 g/mol. The van der Waals surface area contributed by atoms with E-state index in [2.05, 4.69) is 10.3 Å². The molecule has 1 amide bonds. The lowest BCUT2D eigenvalue weighted by Gasteiger charge is -1.98. The van der Waals surface area contributed by atoms with Crippen molar-refractivity contribution in [3.63, 3.8) is 0 Å². The van der Waals surface area contributed by atoms with Crippen LogP contribution in [0.4, 0.5) is 5.13 Å². The second-order valence-electron chi connectivity index (χ2n) is 3.44. The summed E-state index contributed by atoms with van der Waals surface area (Å²) >= 11 is 1.27. The molecule has 0 aliphatic heterocycles. The number of hydrogen-bond donors (Lipinski definition) is 2. The molecule has 0 atom stereocenters. The van der Waals surface area contributed by atoms with Crippen LogP contribution < -0.4 is 10.1 Å². The summed E-state index contributed by atoms with van der Waals surface area (Å²) in [6.45, 7) is 0. The standard InChI is InChI=1S/C11H10N2O4S/c1-17-6-3-2-4-7-10(6)13-11(18-7)12-8(14)5-9(15)16/h2-4H,5H2,1H3,(H,15,16)(H,12,13,14). The second-order valence-corrected chi connectivity index (χ2v) is 4.48. The fourth-order valence-electron chi connectivity index (χ4n) is 1.44. The number of carbonyl (C=O) groups is 2. The molecule has 0 aliphatic carbocycles. The Labute approximate surface area is 106 Å². The van der Waals surface area contributed by atoms with Crippen molar-refractivity contribution in [2.24, 2.45) is 0 Å². The quantitative estimate of drug-likeness (QED) is 0.822. The molecule has 0 saturated heterocycles. The number of carboxylic acids is 1. The first-order valence-electron chi connectivity index (χ1n) is 5.05. The Hall–Kier alpha value is -2.15. The molecular formula is C11H10N2O4S. The number of thiazole rings is 1. The number of ether oxygens (including phenoxy) is 1. The van der Waals surface area contributed by atoms with Crippen LogP contribution in [0.3, 0.4) is 0 Å². The Morgan fingerprint density at radius 1 is 1.50 bits per heavy atom. The molecule has 0 bridgehead atoms. The van der Waals surface area contributed by atoms with Crippen LogP contribution >= 0.6 is 11.3 Å². The number of aromatic nitrogens is 1. The Kier molecular flexibility index (Phi) is 3.42. The molecule has 0 radical (unpaired) electrons. The zero-order valence-corrected chi connectivity index (χ0v) is 10.3. The van der Waals surface area contributed by atoms with E-state index in [9.17, 15) is 9.59 Å². The fraction of sp³-hybridized carbons (Fsp3) is 0.182. The number of rotatable bonds is 4. The van der Waals surface area contributed by atoms with Gasteiger partial charge in [0.1, 0.15) is 17.7 Å². The molecule has 0 unspecified atom stereocenters. The molecule has 2 rings (SSSR count). The summed E-state index contributed by atoms with van der Waals surface area (Å²) in [6, 6.07) is 5.44. The van der Waals surface area contributed by atoms with Gasteiger partial charge < -0.3 is 15.2 Å². The van der Waals surface area contributed by atoms with Crippen LogP contribution in [0.5, 0.6) is 5.75 Å². The number of fused-ring (bicyclic) bond motifs is 1. The van der Waals surface area contributed by atoms with E-state index in [0.29, 0.717) is 16.4 Å². The van der Waals surface area contributed by atoms with Crippen LogP contribution in [-0.2, 0) is 9.59 Å². The van der Waals surface area contributed by atoms with Crippen molar-refractivity contribution in [2.75, 3.05) is 12.4 Å². The second kappa shape index (κ2) is 5.01. The molecule has 2 N–H and O–H groups in total. The summed E-state index contributed by atoms with van der Waals surface area (Å²) in [7, 11) is 1.54. The third-order valence-electron chi connectivity index (χ3n) is 2.16. The summed E-state index contributed by atoms with van der Waals surface area (Å²) in [4.78, 5) is 25.9. The van der Waals surface area contributed by atoms with Gasteiger partial charge in [-0.1, -0.05) is 17.4 Å². The number of carboxylic acid groups (broad SMARTS) is 1. The summed E-state index contributed by atoms with van der Waals surface area (Å²) in [5.41, 5.74) is 0.649. The number of para-hydroxylation sites is 1. The van der Waals surface area contributed by atoms with E-state index in [-0.39, 0.29) is 0 Å². The van der Waals surface area contributed by atoms with Crippen molar-refractivity contribution in [3.8, 4) is 5.75 Å². The maximum Gasteiger partial charge on any atom is 0.312 e. The van der Waals surface area contributed by atoms with Gasteiger partial charge in [-0.15, -0.1) is 0 Å². The molecule has 94 valence electrons. The van der Waals surface area contributed by atoms with Gasteiger partial charge in [-0.05, 0) is 12.1 Å². The predicted molar refractivity (Wildman–Crippen MR) is 67.1 cm³/mol. The number of methoxy groups -OCH3 is 1. The number of nitrogens with one attached hydrogen (secondary N) is 1. The highest BCUT2D eigenvalue weighted by atomic mass is 32.1. The number of hydrogen-bond acceptors (Lipinski definition) is 5. The van der Waals surface area contributed by atoms with Crippen molar-refractivity contribution in [1.29, 1.82) is 0 Å². The van der Waals surface area contributed by atoms with E-state index in [0.717, 1.165) is 4.70 Å². The third-order valence-corrected chi connectivity index (χ3v) is 3.10. The molecule has 18 heavy (non-hydrogen) atoms. The molecule has 0 saturated carbocycles. The molecule has 0 spiro atoms. The first-order valence-corrected chi connectivity index (χ1v) is 5.87. The Morgan fingerprint density at radius 2 is 2.28 bits per heavy atom. The van der Waals surface area contributed by atoms with Crippen molar-refractivity contribution in [3.05, 3.63) is 18.2 Å². The Balaban J connectivity index is 2.25. The van der Waals surface area contributed by atoms with Crippen LogP contribution in [0.1, 0.15) is 6.42 Å². The van der Waals surface area contributed by atoms with E-state index < -0.39 is 18.3 Å². The smallest absolute Gasteiger partial charge is 0.312 e. The van der Waals surface area contributed by atoms with E-state index in [1.807, 2.05) is 12.1 Å². The van der Waals surface area contributed by atoms with Gasteiger partial charge in [0, 0.05) is 0 Å². The third kappa shape index (κ3) is 2.57. The molecule has 6 nitrogen and oxygen atoms in total. The predicted octanol–water partition coefficient (Wildman–Crippen LogP) is 1.72. The van der Waals surface area contributed by atoms with Crippen LogP contribution in [0, 0.1) is 0 Å². The number of amides is 1. The molecule has 1 aromatic carbocycles. The zero-order chi connectivity index (χ0) is 13.1. The highest BCUT2D eigenvalue weighted by Crippen LogP contribution is 2.31. The number of aliphatic carboxylic acids is 1. The zero-order valence-electron chi connectivity index (χ0n) is 9.47. The maximum absolute atomic E-state index is 11.3. The van der Waals surface area contributed by atoms with Gasteiger partial charge in [0.05, 0.1) is 11.8 Å². The van der Waals surface area contributed by atoms with Crippen molar-refractivity contribution >= 4 is 38.6 Å². The molecule has 1 aromatic heterocycles. The van der Waals surface area contributed by atoms with Crippen LogP contribution in [0.25, 0.3) is 10.2 Å². The van der Waals surface area contributed by atoms with E-state index >= 15 is 0 Å². The number of benzene rings is 1. The van der Waals surface area contributed by atoms with Crippen molar-refractivity contribution in [1.82, 2.24) is 4.98 Å². The minimum Gasteiger partial charge on any atom is -0.494 e. The van der Waals surface area contributed by atoms with Crippen molar-refractivity contribution in [2.45, 2.75) is 6.42 Å². The molecular weight excluding hydrogens is 256 g/mol.